The Bertz CT molecular complexity index is 716. The topological polar surface area (TPSA) is 78.9 Å². The lowest BCUT2D eigenvalue weighted by Crippen LogP contribution is -2.06. The smallest absolute Gasteiger partial charge is 0.313 e. The van der Waals surface area contributed by atoms with E-state index < -0.39 is 5.97 Å². The summed E-state index contributed by atoms with van der Waals surface area (Å²) in [5.41, 5.74) is 3.44. The van der Waals surface area contributed by atoms with Crippen LogP contribution in [0.25, 0.3) is 5.69 Å². The highest BCUT2D eigenvalue weighted by Gasteiger charge is 2.14. The van der Waals surface area contributed by atoms with Gasteiger partial charge < -0.3 is 5.11 Å². The molecule has 0 aliphatic carbocycles. The predicted molar refractivity (Wildman–Crippen MR) is 80.8 cm³/mol. The second-order valence-electron chi connectivity index (χ2n) is 4.52. The minimum Gasteiger partial charge on any atom is -0.481 e. The molecule has 0 aliphatic heterocycles. The molecule has 5 nitrogen and oxygen atoms in total. The maximum Gasteiger partial charge on any atom is 0.313 e. The minimum atomic E-state index is -0.880. The molecule has 1 aromatic heterocycles. The SMILES string of the molecule is CCc1cnc(SCC(=O)O)n1-c1cc(C#N)ccc1C. The Balaban J connectivity index is 2.53. The fraction of sp³-hybridized carbons (Fsp3) is 0.267. The molecule has 1 aromatic carbocycles. The zero-order valence-corrected chi connectivity index (χ0v) is 12.6. The number of aromatic nitrogens is 2. The number of nitriles is 1. The quantitative estimate of drug-likeness (QED) is 0.859. The van der Waals surface area contributed by atoms with E-state index in [1.165, 1.54) is 11.8 Å². The van der Waals surface area contributed by atoms with Gasteiger partial charge in [0.1, 0.15) is 0 Å². The number of rotatable bonds is 5. The van der Waals surface area contributed by atoms with Crippen LogP contribution in [-0.4, -0.2) is 26.4 Å². The van der Waals surface area contributed by atoms with E-state index in [0.717, 1.165) is 23.4 Å². The molecule has 1 heterocycles. The van der Waals surface area contributed by atoms with Gasteiger partial charge in [0.05, 0.1) is 23.1 Å². The monoisotopic (exact) mass is 301 g/mol. The van der Waals surface area contributed by atoms with Gasteiger partial charge in [-0.3, -0.25) is 9.36 Å². The van der Waals surface area contributed by atoms with Gasteiger partial charge in [-0.05, 0) is 31.0 Å². The van der Waals surface area contributed by atoms with Crippen LogP contribution >= 0.6 is 11.8 Å². The number of thioether (sulfide) groups is 1. The first-order valence-electron chi connectivity index (χ1n) is 6.49. The summed E-state index contributed by atoms with van der Waals surface area (Å²) in [7, 11) is 0. The van der Waals surface area contributed by atoms with Crippen molar-refractivity contribution in [2.75, 3.05) is 5.75 Å². The molecular formula is C15H15N3O2S. The number of nitrogens with zero attached hydrogens (tertiary/aromatic N) is 3. The number of aliphatic carboxylic acids is 1. The van der Waals surface area contributed by atoms with Crippen molar-refractivity contribution in [1.82, 2.24) is 9.55 Å². The molecule has 0 aliphatic rings. The molecule has 0 unspecified atom stereocenters. The maximum absolute atomic E-state index is 10.8. The molecule has 21 heavy (non-hydrogen) atoms. The number of carboxylic acids is 1. The van der Waals surface area contributed by atoms with Crippen molar-refractivity contribution in [1.29, 1.82) is 5.26 Å². The largest absolute Gasteiger partial charge is 0.481 e. The molecule has 108 valence electrons. The van der Waals surface area contributed by atoms with Gasteiger partial charge in [0, 0.05) is 11.9 Å². The molecule has 1 N–H and O–H groups in total. The molecule has 0 fully saturated rings. The number of benzene rings is 1. The zero-order valence-electron chi connectivity index (χ0n) is 11.8. The van der Waals surface area contributed by atoms with Crippen LogP contribution in [0.1, 0.15) is 23.7 Å². The Morgan fingerprint density at radius 2 is 2.29 bits per heavy atom. The zero-order chi connectivity index (χ0) is 15.4. The second-order valence-corrected chi connectivity index (χ2v) is 5.46. The van der Waals surface area contributed by atoms with Crippen molar-refractivity contribution in [2.24, 2.45) is 0 Å². The average Bonchev–Trinajstić information content (AvgIpc) is 2.88. The Labute approximate surface area is 127 Å². The second kappa shape index (κ2) is 6.46. The molecule has 2 aromatic rings. The fourth-order valence-corrected chi connectivity index (χ4v) is 2.75. The van der Waals surface area contributed by atoms with E-state index in [0.29, 0.717) is 10.7 Å². The predicted octanol–water partition coefficient (Wildman–Crippen LogP) is 2.79. The van der Waals surface area contributed by atoms with Gasteiger partial charge >= 0.3 is 5.97 Å². The van der Waals surface area contributed by atoms with Crippen LogP contribution in [0.15, 0.2) is 29.6 Å². The number of carbonyl (C=O) groups is 1. The number of hydrogen-bond donors (Lipinski definition) is 1. The highest BCUT2D eigenvalue weighted by Crippen LogP contribution is 2.26. The van der Waals surface area contributed by atoms with E-state index in [1.54, 1.807) is 18.3 Å². The molecule has 0 spiro atoms. The van der Waals surface area contributed by atoms with Gasteiger partial charge in [-0.25, -0.2) is 4.98 Å². The van der Waals surface area contributed by atoms with E-state index >= 15 is 0 Å². The van der Waals surface area contributed by atoms with Crippen molar-refractivity contribution < 1.29 is 9.90 Å². The number of hydrogen-bond acceptors (Lipinski definition) is 4. The first-order valence-corrected chi connectivity index (χ1v) is 7.47. The van der Waals surface area contributed by atoms with E-state index in [-0.39, 0.29) is 5.75 Å². The molecule has 0 amide bonds. The first kappa shape index (κ1) is 15.1. The van der Waals surface area contributed by atoms with E-state index in [4.69, 9.17) is 10.4 Å². The van der Waals surface area contributed by atoms with Crippen LogP contribution in [0.2, 0.25) is 0 Å². The highest BCUT2D eigenvalue weighted by atomic mass is 32.2. The standard InChI is InChI=1S/C15H15N3O2S/c1-3-12-8-17-15(21-9-14(19)20)18(12)13-6-11(7-16)5-4-10(13)2/h4-6,8H,3,9H2,1-2H3,(H,19,20). The van der Waals surface area contributed by atoms with Crippen LogP contribution in [-0.2, 0) is 11.2 Å². The molecule has 0 bridgehead atoms. The maximum atomic E-state index is 10.8. The van der Waals surface area contributed by atoms with Crippen LogP contribution < -0.4 is 0 Å². The number of imidazole rings is 1. The van der Waals surface area contributed by atoms with E-state index in [9.17, 15) is 4.79 Å². The molecule has 6 heteroatoms. The van der Waals surface area contributed by atoms with Crippen molar-refractivity contribution in [3.8, 4) is 11.8 Å². The summed E-state index contributed by atoms with van der Waals surface area (Å²) in [6, 6.07) is 7.59. The number of aryl methyl sites for hydroxylation is 2. The van der Waals surface area contributed by atoms with Gasteiger partial charge in [-0.1, -0.05) is 24.8 Å². The van der Waals surface area contributed by atoms with Gasteiger partial charge in [-0.2, -0.15) is 5.26 Å². The first-order chi connectivity index (χ1) is 10.1. The highest BCUT2D eigenvalue weighted by molar-refractivity contribution is 7.99. The summed E-state index contributed by atoms with van der Waals surface area (Å²) in [5.74, 6) is -0.924. The summed E-state index contributed by atoms with van der Waals surface area (Å²) >= 11 is 1.18. The van der Waals surface area contributed by atoms with Crippen molar-refractivity contribution in [3.63, 3.8) is 0 Å². The molecular weight excluding hydrogens is 286 g/mol. The normalized spacial score (nSPS) is 10.3. The molecule has 0 saturated carbocycles. The lowest BCUT2D eigenvalue weighted by atomic mass is 10.1. The van der Waals surface area contributed by atoms with E-state index in [1.807, 2.05) is 24.5 Å². The van der Waals surface area contributed by atoms with Crippen LogP contribution in [0.5, 0.6) is 0 Å². The lowest BCUT2D eigenvalue weighted by molar-refractivity contribution is -0.133. The third kappa shape index (κ3) is 3.26. The summed E-state index contributed by atoms with van der Waals surface area (Å²) < 4.78 is 1.93. The third-order valence-corrected chi connectivity index (χ3v) is 4.01. The Hall–Kier alpha value is -2.26. The number of carboxylic acid groups (broad SMARTS) is 1. The Morgan fingerprint density at radius 3 is 2.90 bits per heavy atom. The van der Waals surface area contributed by atoms with E-state index in [2.05, 4.69) is 11.1 Å². The lowest BCUT2D eigenvalue weighted by Gasteiger charge is -2.13. The summed E-state index contributed by atoms with van der Waals surface area (Å²) in [6.45, 7) is 3.98. The molecule has 2 rings (SSSR count). The van der Waals surface area contributed by atoms with Gasteiger partial charge in [-0.15, -0.1) is 0 Å². The Morgan fingerprint density at radius 1 is 1.52 bits per heavy atom. The molecule has 0 radical (unpaired) electrons. The van der Waals surface area contributed by atoms with Gasteiger partial charge in [0.2, 0.25) is 0 Å². The third-order valence-electron chi connectivity index (χ3n) is 3.07. The summed E-state index contributed by atoms with van der Waals surface area (Å²) in [6.07, 6.45) is 2.53. The molecule has 0 saturated heterocycles. The van der Waals surface area contributed by atoms with Crippen molar-refractivity contribution in [3.05, 3.63) is 41.2 Å². The van der Waals surface area contributed by atoms with Gasteiger partial charge in [0.15, 0.2) is 5.16 Å². The Kier molecular flexibility index (Phi) is 4.66. The summed E-state index contributed by atoms with van der Waals surface area (Å²) in [4.78, 5) is 15.1. The van der Waals surface area contributed by atoms with Gasteiger partial charge in [0.25, 0.3) is 0 Å². The minimum absolute atomic E-state index is 0.0445. The van der Waals surface area contributed by atoms with Crippen LogP contribution in [0.3, 0.4) is 0 Å². The van der Waals surface area contributed by atoms with Crippen molar-refractivity contribution in [2.45, 2.75) is 25.4 Å². The molecule has 0 atom stereocenters. The average molecular weight is 301 g/mol. The fourth-order valence-electron chi connectivity index (χ4n) is 2.02. The van der Waals surface area contributed by atoms with Crippen LogP contribution in [0.4, 0.5) is 0 Å². The summed E-state index contributed by atoms with van der Waals surface area (Å²) in [5, 5.41) is 18.5. The van der Waals surface area contributed by atoms with Crippen LogP contribution in [0, 0.1) is 18.3 Å². The van der Waals surface area contributed by atoms with Crippen molar-refractivity contribution >= 4 is 17.7 Å².